The van der Waals surface area contributed by atoms with Crippen LogP contribution in [0, 0.1) is 24.3 Å². The number of terminal acetylenes is 1. The van der Waals surface area contributed by atoms with Crippen LogP contribution in [0.3, 0.4) is 0 Å². The number of nitrogens with zero attached hydrogens (tertiary/aromatic N) is 1. The minimum atomic E-state index is 1.82. The van der Waals surface area contributed by atoms with E-state index >= 15 is 0 Å². The molecule has 0 aromatic heterocycles. The largest absolute Gasteiger partial charge is 0.128 e. The lowest BCUT2D eigenvalue weighted by molar-refractivity contribution is 1.80. The molecule has 0 aromatic rings. The second kappa shape index (κ2) is 4.14. The summed E-state index contributed by atoms with van der Waals surface area (Å²) in [5.74, 6) is 4.36. The van der Waals surface area contributed by atoms with Crippen molar-refractivity contribution in [3.05, 3.63) is 0 Å². The Hall–Kier alpha value is -0.860. The van der Waals surface area contributed by atoms with Crippen molar-refractivity contribution >= 4 is 12.4 Å². The highest BCUT2D eigenvalue weighted by molar-refractivity contribution is 7.47. The van der Waals surface area contributed by atoms with Gasteiger partial charge in [-0.25, -0.2) is 0 Å². The van der Waals surface area contributed by atoms with Crippen LogP contribution in [0.1, 0.15) is 1.37 Å². The monoisotopic (exact) mass is 96.0 g/mol. The first-order chi connectivity index (χ1) is 3.41. The van der Waals surface area contributed by atoms with Crippen LogP contribution in [0.4, 0.5) is 0 Å². The maximum atomic E-state index is 6.24. The van der Waals surface area contributed by atoms with Crippen molar-refractivity contribution in [3.63, 3.8) is 0 Å². The van der Waals surface area contributed by atoms with Crippen LogP contribution in [0.5, 0.6) is 0 Å². The summed E-state index contributed by atoms with van der Waals surface area (Å²) in [5, 5.41) is 0. The van der Waals surface area contributed by atoms with Crippen molar-refractivity contribution in [1.29, 1.82) is 0 Å². The highest BCUT2D eigenvalue weighted by Crippen LogP contribution is 1.50. The SMILES string of the molecule is [2H]C#CC#CN=S. The predicted octanol–water partition coefficient (Wildman–Crippen LogP) is 0.311. The third-order valence-corrected chi connectivity index (χ3v) is 0.255. The van der Waals surface area contributed by atoms with Gasteiger partial charge in [-0.3, -0.25) is 0 Å². The fourth-order valence-electron chi connectivity index (χ4n) is 0.0508. The molecule has 0 bridgehead atoms. The average molecular weight is 96.1 g/mol. The lowest BCUT2D eigenvalue weighted by Gasteiger charge is -1.46. The molecule has 0 saturated heterocycles. The molecule has 0 aliphatic carbocycles. The van der Waals surface area contributed by atoms with E-state index < -0.39 is 0 Å². The van der Waals surface area contributed by atoms with Crippen LogP contribution < -0.4 is 0 Å². The van der Waals surface area contributed by atoms with Crippen molar-refractivity contribution in [2.24, 2.45) is 4.36 Å². The van der Waals surface area contributed by atoms with Gasteiger partial charge >= 0.3 is 0 Å². The Kier molecular flexibility index (Phi) is 2.30. The van der Waals surface area contributed by atoms with E-state index in [9.17, 15) is 0 Å². The smallest absolute Gasteiger partial charge is 0.125 e. The summed E-state index contributed by atoms with van der Waals surface area (Å²) < 4.78 is 9.25. The summed E-state index contributed by atoms with van der Waals surface area (Å²) in [6.07, 6.45) is 1.82. The molecule has 0 aliphatic rings. The molecule has 0 heterocycles. The number of hydrogen-bond acceptors (Lipinski definition) is 2. The molecule has 0 N–H and O–H groups in total. The highest BCUT2D eigenvalue weighted by atomic mass is 32.1. The van der Waals surface area contributed by atoms with E-state index in [0.29, 0.717) is 0 Å². The zero-order chi connectivity index (χ0) is 5.54. The highest BCUT2D eigenvalue weighted by Gasteiger charge is 1.44. The van der Waals surface area contributed by atoms with Gasteiger partial charge < -0.3 is 0 Å². The standard InChI is InChI=1S/C4HNS/c1-2-3-4-5-6/h1H/i1D. The quantitative estimate of drug-likeness (QED) is 0.395. The van der Waals surface area contributed by atoms with Crippen molar-refractivity contribution in [1.82, 2.24) is 0 Å². The third kappa shape index (κ3) is 3.14. The summed E-state index contributed by atoms with van der Waals surface area (Å²) in [5.41, 5.74) is 0. The van der Waals surface area contributed by atoms with Crippen LogP contribution in [0.2, 0.25) is 0 Å². The van der Waals surface area contributed by atoms with E-state index in [4.69, 9.17) is 1.37 Å². The van der Waals surface area contributed by atoms with Crippen LogP contribution >= 0.6 is 0 Å². The van der Waals surface area contributed by atoms with Crippen LogP contribution in [0.25, 0.3) is 0 Å². The normalized spacial score (nSPS) is 5.00. The summed E-state index contributed by atoms with van der Waals surface area (Å²) >= 11 is 4.09. The Morgan fingerprint density at radius 3 is 3.33 bits per heavy atom. The Morgan fingerprint density at radius 2 is 2.83 bits per heavy atom. The fraction of sp³-hybridized carbons (Fsp3) is 0. The second-order valence-corrected chi connectivity index (χ2v) is 0.636. The molecule has 28 valence electrons. The summed E-state index contributed by atoms with van der Waals surface area (Å²) in [7, 11) is 0. The molecule has 0 saturated carbocycles. The molecule has 0 aliphatic heterocycles. The van der Waals surface area contributed by atoms with Crippen LogP contribution in [-0.4, -0.2) is 0 Å². The zero-order valence-corrected chi connectivity index (χ0v) is 3.67. The van der Waals surface area contributed by atoms with E-state index in [1.54, 1.807) is 0 Å². The first kappa shape index (κ1) is 3.33. The van der Waals surface area contributed by atoms with Gasteiger partial charge in [-0.05, 0) is 5.92 Å². The molecule has 2 heteroatoms. The van der Waals surface area contributed by atoms with Gasteiger partial charge in [-0.2, -0.15) is 0 Å². The minimum absolute atomic E-state index is 1.82. The zero-order valence-electron chi connectivity index (χ0n) is 3.86. The Bertz CT molecular complexity index is 166. The van der Waals surface area contributed by atoms with Gasteiger partial charge in [0.05, 0.1) is 18.5 Å². The molecular formula is C4HNS. The van der Waals surface area contributed by atoms with Crippen molar-refractivity contribution < 1.29 is 1.37 Å². The van der Waals surface area contributed by atoms with Gasteiger partial charge in [-0.1, -0.05) is 0 Å². The van der Waals surface area contributed by atoms with Gasteiger partial charge in [0.1, 0.15) is 1.37 Å². The molecule has 6 heavy (non-hydrogen) atoms. The molecule has 0 fully saturated rings. The van der Waals surface area contributed by atoms with Crippen LogP contribution in [0.15, 0.2) is 4.36 Å². The first-order valence-electron chi connectivity index (χ1n) is 1.66. The Morgan fingerprint density at radius 1 is 2.00 bits per heavy atom. The summed E-state index contributed by atoms with van der Waals surface area (Å²) in [6.45, 7) is 0. The van der Waals surface area contributed by atoms with E-state index in [1.807, 2.05) is 6.40 Å². The van der Waals surface area contributed by atoms with Crippen molar-refractivity contribution in [2.45, 2.75) is 0 Å². The molecule has 0 spiro atoms. The van der Waals surface area contributed by atoms with Crippen molar-refractivity contribution in [2.75, 3.05) is 0 Å². The summed E-state index contributed by atoms with van der Waals surface area (Å²) in [6, 6.07) is 2.15. The number of rotatable bonds is 0. The molecule has 0 aromatic carbocycles. The van der Waals surface area contributed by atoms with E-state index in [1.165, 1.54) is 0 Å². The van der Waals surface area contributed by atoms with E-state index in [-0.39, 0.29) is 0 Å². The lowest BCUT2D eigenvalue weighted by atomic mass is 10.7. The third-order valence-electron chi connectivity index (χ3n) is 0.164. The molecule has 1 nitrogen and oxygen atoms in total. The van der Waals surface area contributed by atoms with E-state index in [2.05, 4.69) is 34.7 Å². The van der Waals surface area contributed by atoms with Gasteiger partial charge in [0, 0.05) is 5.92 Å². The Balaban J connectivity index is 3.60. The Labute approximate surface area is 43.3 Å². The van der Waals surface area contributed by atoms with E-state index in [0.717, 1.165) is 0 Å². The van der Waals surface area contributed by atoms with Gasteiger partial charge in [0.15, 0.2) is 0 Å². The van der Waals surface area contributed by atoms with Gasteiger partial charge in [0.25, 0.3) is 0 Å². The molecule has 0 unspecified atom stereocenters. The fourth-order valence-corrected chi connectivity index (χ4v) is 0.0964. The lowest BCUT2D eigenvalue weighted by Crippen LogP contribution is -1.41. The van der Waals surface area contributed by atoms with Crippen molar-refractivity contribution in [3.8, 4) is 24.3 Å². The molecular weight excluding hydrogens is 94.1 g/mol. The average Bonchev–Trinajstić information content (AvgIpc) is 1.69. The van der Waals surface area contributed by atoms with Crippen LogP contribution in [-0.2, 0) is 12.4 Å². The first-order valence-corrected chi connectivity index (χ1v) is 1.52. The van der Waals surface area contributed by atoms with Gasteiger partial charge in [0.2, 0.25) is 0 Å². The topological polar surface area (TPSA) is 12.4 Å². The molecule has 0 amide bonds. The predicted molar refractivity (Wildman–Crippen MR) is 26.4 cm³/mol. The molecule has 0 atom stereocenters. The second-order valence-electron chi connectivity index (χ2n) is 0.453. The molecule has 0 rings (SSSR count). The summed E-state index contributed by atoms with van der Waals surface area (Å²) in [4.78, 5) is 0. The number of hydrogen-bond donors (Lipinski definition) is 0. The van der Waals surface area contributed by atoms with Gasteiger partial charge in [-0.15, -0.1) is 10.8 Å². The maximum absolute atomic E-state index is 6.24. The maximum Gasteiger partial charge on any atom is 0.125 e. The minimum Gasteiger partial charge on any atom is -0.128 e. The molecule has 0 radical (unpaired) electrons.